The maximum absolute atomic E-state index is 12.0. The van der Waals surface area contributed by atoms with Crippen LogP contribution in [-0.4, -0.2) is 15.1 Å². The number of aromatic nitrogens is 2. The first-order chi connectivity index (χ1) is 10.3. The highest BCUT2D eigenvalue weighted by molar-refractivity contribution is 7.98. The Morgan fingerprint density at radius 1 is 1.14 bits per heavy atom. The molecule has 0 bridgehead atoms. The minimum Gasteiger partial charge on any atom is -0.392 e. The van der Waals surface area contributed by atoms with Crippen molar-refractivity contribution in [3.63, 3.8) is 0 Å². The van der Waals surface area contributed by atoms with Crippen LogP contribution in [0.5, 0.6) is 0 Å². The van der Waals surface area contributed by atoms with Crippen LogP contribution in [0.4, 0.5) is 0 Å². The van der Waals surface area contributed by atoms with Gasteiger partial charge in [0.15, 0.2) is 0 Å². The van der Waals surface area contributed by atoms with Crippen LogP contribution in [0, 0.1) is 0 Å². The van der Waals surface area contributed by atoms with Gasteiger partial charge in [-0.2, -0.15) is 0 Å². The molecule has 1 aromatic heterocycles. The lowest BCUT2D eigenvalue weighted by molar-refractivity contribution is 0.281. The molecule has 0 fully saturated rings. The standard InChI is InChI=1S/C16H14N2O2S/c19-9-11-4-3-5-12(8-11)21-10-15-17-14-7-2-1-6-13(14)16(20)18-15/h1-8,19H,9-10H2,(H,17,18,20). The largest absolute Gasteiger partial charge is 0.392 e. The molecule has 1 heterocycles. The summed E-state index contributed by atoms with van der Waals surface area (Å²) in [5.41, 5.74) is 1.47. The van der Waals surface area contributed by atoms with Gasteiger partial charge in [-0.3, -0.25) is 4.79 Å². The van der Waals surface area contributed by atoms with E-state index in [4.69, 9.17) is 5.11 Å². The Hall–Kier alpha value is -2.11. The average Bonchev–Trinajstić information content (AvgIpc) is 2.53. The molecule has 0 aliphatic rings. The van der Waals surface area contributed by atoms with Crippen LogP contribution in [0.25, 0.3) is 10.9 Å². The number of hydrogen-bond acceptors (Lipinski definition) is 4. The summed E-state index contributed by atoms with van der Waals surface area (Å²) in [5, 5.41) is 9.74. The number of rotatable bonds is 4. The number of nitrogens with one attached hydrogen (secondary N) is 1. The Labute approximate surface area is 125 Å². The fourth-order valence-corrected chi connectivity index (χ4v) is 2.94. The van der Waals surface area contributed by atoms with Gasteiger partial charge in [-0.15, -0.1) is 11.8 Å². The van der Waals surface area contributed by atoms with E-state index in [1.807, 2.05) is 42.5 Å². The Kier molecular flexibility index (Phi) is 4.03. The Morgan fingerprint density at radius 2 is 2.00 bits per heavy atom. The molecule has 2 N–H and O–H groups in total. The van der Waals surface area contributed by atoms with Crippen molar-refractivity contribution in [3.8, 4) is 0 Å². The molecule has 0 unspecified atom stereocenters. The molecular formula is C16H14N2O2S. The minimum atomic E-state index is -0.111. The van der Waals surface area contributed by atoms with E-state index in [1.54, 1.807) is 17.8 Å². The molecule has 106 valence electrons. The molecule has 0 saturated carbocycles. The summed E-state index contributed by atoms with van der Waals surface area (Å²) in [6, 6.07) is 15.0. The van der Waals surface area contributed by atoms with E-state index >= 15 is 0 Å². The molecule has 0 atom stereocenters. The van der Waals surface area contributed by atoms with Crippen molar-refractivity contribution >= 4 is 22.7 Å². The van der Waals surface area contributed by atoms with Crippen molar-refractivity contribution in [2.45, 2.75) is 17.3 Å². The average molecular weight is 298 g/mol. The second kappa shape index (κ2) is 6.11. The molecule has 0 aliphatic heterocycles. The maximum Gasteiger partial charge on any atom is 0.258 e. The maximum atomic E-state index is 12.0. The van der Waals surface area contributed by atoms with Gasteiger partial charge < -0.3 is 10.1 Å². The molecule has 0 radical (unpaired) electrons. The zero-order valence-corrected chi connectivity index (χ0v) is 12.1. The normalized spacial score (nSPS) is 10.9. The smallest absolute Gasteiger partial charge is 0.258 e. The van der Waals surface area contributed by atoms with Crippen LogP contribution in [0.2, 0.25) is 0 Å². The molecule has 21 heavy (non-hydrogen) atoms. The summed E-state index contributed by atoms with van der Waals surface area (Å²) in [4.78, 5) is 20.3. The molecular weight excluding hydrogens is 284 g/mol. The zero-order chi connectivity index (χ0) is 14.7. The van der Waals surface area contributed by atoms with Crippen molar-refractivity contribution in [2.75, 3.05) is 0 Å². The second-order valence-corrected chi connectivity index (χ2v) is 5.67. The van der Waals surface area contributed by atoms with E-state index < -0.39 is 0 Å². The number of aliphatic hydroxyl groups is 1. The number of benzene rings is 2. The predicted molar refractivity (Wildman–Crippen MR) is 84.3 cm³/mol. The molecule has 4 nitrogen and oxygen atoms in total. The third-order valence-electron chi connectivity index (χ3n) is 3.12. The lowest BCUT2D eigenvalue weighted by Crippen LogP contribution is -2.11. The fraction of sp³-hybridized carbons (Fsp3) is 0.125. The van der Waals surface area contributed by atoms with Crippen molar-refractivity contribution < 1.29 is 5.11 Å². The third kappa shape index (κ3) is 3.15. The van der Waals surface area contributed by atoms with Crippen molar-refractivity contribution in [1.29, 1.82) is 0 Å². The Morgan fingerprint density at radius 3 is 2.86 bits per heavy atom. The number of thioether (sulfide) groups is 1. The molecule has 0 saturated heterocycles. The van der Waals surface area contributed by atoms with Crippen LogP contribution in [0.3, 0.4) is 0 Å². The summed E-state index contributed by atoms with van der Waals surface area (Å²) in [5.74, 6) is 1.23. The van der Waals surface area contributed by atoms with Gasteiger partial charge >= 0.3 is 0 Å². The van der Waals surface area contributed by atoms with Crippen LogP contribution in [-0.2, 0) is 12.4 Å². The van der Waals surface area contributed by atoms with Gasteiger partial charge in [-0.1, -0.05) is 24.3 Å². The Balaban J connectivity index is 1.83. The number of hydrogen-bond donors (Lipinski definition) is 2. The molecule has 0 aliphatic carbocycles. The quantitative estimate of drug-likeness (QED) is 0.727. The fourth-order valence-electron chi connectivity index (χ4n) is 2.09. The van der Waals surface area contributed by atoms with Gasteiger partial charge in [-0.05, 0) is 29.8 Å². The highest BCUT2D eigenvalue weighted by Gasteiger charge is 2.04. The SMILES string of the molecule is O=c1[nH]c(CSc2cccc(CO)c2)nc2ccccc12. The zero-order valence-electron chi connectivity index (χ0n) is 11.2. The number of fused-ring (bicyclic) bond motifs is 1. The summed E-state index contributed by atoms with van der Waals surface area (Å²) in [7, 11) is 0. The molecule has 3 rings (SSSR count). The van der Waals surface area contributed by atoms with Crippen LogP contribution >= 0.6 is 11.8 Å². The highest BCUT2D eigenvalue weighted by Crippen LogP contribution is 2.22. The topological polar surface area (TPSA) is 66.0 Å². The third-order valence-corrected chi connectivity index (χ3v) is 4.12. The lowest BCUT2D eigenvalue weighted by atomic mass is 10.2. The summed E-state index contributed by atoms with van der Waals surface area (Å²) < 4.78 is 0. The van der Waals surface area contributed by atoms with Gasteiger partial charge in [-0.25, -0.2) is 4.98 Å². The van der Waals surface area contributed by atoms with Crippen LogP contribution in [0.15, 0.2) is 58.2 Å². The molecule has 5 heteroatoms. The van der Waals surface area contributed by atoms with Crippen molar-refractivity contribution in [1.82, 2.24) is 9.97 Å². The van der Waals surface area contributed by atoms with Gasteiger partial charge in [0.05, 0.1) is 23.3 Å². The predicted octanol–water partition coefficient (Wildman–Crippen LogP) is 2.71. The minimum absolute atomic E-state index is 0.0272. The number of nitrogens with zero attached hydrogens (tertiary/aromatic N) is 1. The highest BCUT2D eigenvalue weighted by atomic mass is 32.2. The number of para-hydroxylation sites is 1. The summed E-state index contributed by atoms with van der Waals surface area (Å²) >= 11 is 1.58. The molecule has 0 spiro atoms. The number of aliphatic hydroxyl groups excluding tert-OH is 1. The monoisotopic (exact) mass is 298 g/mol. The lowest BCUT2D eigenvalue weighted by Gasteiger charge is -2.04. The number of H-pyrrole nitrogens is 1. The van der Waals surface area contributed by atoms with Crippen molar-refractivity contribution in [3.05, 3.63) is 70.3 Å². The Bertz CT molecular complexity index is 830. The van der Waals surface area contributed by atoms with Gasteiger partial charge in [0, 0.05) is 4.90 Å². The van der Waals surface area contributed by atoms with E-state index in [2.05, 4.69) is 9.97 Å². The molecule has 2 aromatic carbocycles. The first-order valence-corrected chi connectivity index (χ1v) is 7.55. The van der Waals surface area contributed by atoms with Crippen molar-refractivity contribution in [2.24, 2.45) is 0 Å². The molecule has 0 amide bonds. The van der Waals surface area contributed by atoms with E-state index in [0.29, 0.717) is 22.5 Å². The van der Waals surface area contributed by atoms with Gasteiger partial charge in [0.25, 0.3) is 5.56 Å². The summed E-state index contributed by atoms with van der Waals surface area (Å²) in [6.07, 6.45) is 0. The first kappa shape index (κ1) is 13.9. The first-order valence-electron chi connectivity index (χ1n) is 6.57. The van der Waals surface area contributed by atoms with E-state index in [9.17, 15) is 4.79 Å². The van der Waals surface area contributed by atoms with Crippen LogP contribution < -0.4 is 5.56 Å². The van der Waals surface area contributed by atoms with Gasteiger partial charge in [0.2, 0.25) is 0 Å². The molecule has 3 aromatic rings. The summed E-state index contributed by atoms with van der Waals surface area (Å²) in [6.45, 7) is 0.0272. The van der Waals surface area contributed by atoms with Gasteiger partial charge in [0.1, 0.15) is 5.82 Å². The van der Waals surface area contributed by atoms with E-state index in [-0.39, 0.29) is 12.2 Å². The van der Waals surface area contributed by atoms with E-state index in [1.165, 1.54) is 0 Å². The van der Waals surface area contributed by atoms with E-state index in [0.717, 1.165) is 10.5 Å². The number of aromatic amines is 1. The van der Waals surface area contributed by atoms with Crippen LogP contribution in [0.1, 0.15) is 11.4 Å². The second-order valence-electron chi connectivity index (χ2n) is 4.62.